The van der Waals surface area contributed by atoms with E-state index < -0.39 is 5.76 Å². The number of nitrogens with one attached hydrogen (secondary N) is 1. The molecule has 0 saturated heterocycles. The SMILES string of the molecule is COc1cccc(C(=O)c2cccc3oc(=O)[nH]c23)c1. The molecule has 100 valence electrons. The summed E-state index contributed by atoms with van der Waals surface area (Å²) in [5.74, 6) is -0.179. The summed E-state index contributed by atoms with van der Waals surface area (Å²) in [5.41, 5.74) is 1.65. The van der Waals surface area contributed by atoms with Crippen LogP contribution in [-0.2, 0) is 0 Å². The quantitative estimate of drug-likeness (QED) is 0.741. The average molecular weight is 269 g/mol. The van der Waals surface area contributed by atoms with Gasteiger partial charge in [0.05, 0.1) is 18.2 Å². The highest BCUT2D eigenvalue weighted by molar-refractivity contribution is 6.15. The number of methoxy groups -OCH3 is 1. The zero-order chi connectivity index (χ0) is 14.1. The fraction of sp³-hybridized carbons (Fsp3) is 0.0667. The summed E-state index contributed by atoms with van der Waals surface area (Å²) >= 11 is 0. The summed E-state index contributed by atoms with van der Waals surface area (Å²) in [5, 5.41) is 0. The third-order valence-corrected chi connectivity index (χ3v) is 3.03. The minimum atomic E-state index is -0.578. The van der Waals surface area contributed by atoms with Crippen molar-refractivity contribution in [2.75, 3.05) is 7.11 Å². The van der Waals surface area contributed by atoms with Gasteiger partial charge in [0.1, 0.15) is 5.75 Å². The van der Waals surface area contributed by atoms with Crippen LogP contribution in [0.3, 0.4) is 0 Å². The van der Waals surface area contributed by atoms with Gasteiger partial charge in [-0.2, -0.15) is 0 Å². The number of aromatic nitrogens is 1. The largest absolute Gasteiger partial charge is 0.497 e. The molecule has 0 unspecified atom stereocenters. The van der Waals surface area contributed by atoms with Gasteiger partial charge in [0.15, 0.2) is 11.4 Å². The van der Waals surface area contributed by atoms with Gasteiger partial charge in [-0.15, -0.1) is 0 Å². The lowest BCUT2D eigenvalue weighted by molar-refractivity contribution is 0.104. The van der Waals surface area contributed by atoms with Gasteiger partial charge < -0.3 is 9.15 Å². The zero-order valence-electron chi connectivity index (χ0n) is 10.7. The maximum atomic E-state index is 12.5. The Hall–Kier alpha value is -2.82. The molecular formula is C15H11NO4. The van der Waals surface area contributed by atoms with Gasteiger partial charge in [-0.25, -0.2) is 4.79 Å². The van der Waals surface area contributed by atoms with Gasteiger partial charge in [0.25, 0.3) is 0 Å². The molecule has 0 aliphatic carbocycles. The van der Waals surface area contributed by atoms with Gasteiger partial charge in [0, 0.05) is 5.56 Å². The first kappa shape index (κ1) is 12.2. The van der Waals surface area contributed by atoms with Crippen LogP contribution in [0.1, 0.15) is 15.9 Å². The molecule has 1 heterocycles. The van der Waals surface area contributed by atoms with Crippen LogP contribution in [0.4, 0.5) is 0 Å². The lowest BCUT2D eigenvalue weighted by Gasteiger charge is -2.04. The van der Waals surface area contributed by atoms with E-state index in [1.54, 1.807) is 42.5 Å². The van der Waals surface area contributed by atoms with E-state index in [1.807, 2.05) is 0 Å². The molecule has 20 heavy (non-hydrogen) atoms. The van der Waals surface area contributed by atoms with E-state index in [0.29, 0.717) is 28.0 Å². The molecule has 0 atom stereocenters. The Bertz CT molecular complexity index is 844. The third kappa shape index (κ3) is 1.99. The number of para-hydroxylation sites is 1. The molecule has 0 radical (unpaired) electrons. The number of oxazole rings is 1. The van der Waals surface area contributed by atoms with Crippen molar-refractivity contribution < 1.29 is 13.9 Å². The van der Waals surface area contributed by atoms with Gasteiger partial charge in [-0.05, 0) is 24.3 Å². The fourth-order valence-corrected chi connectivity index (χ4v) is 2.08. The Morgan fingerprint density at radius 2 is 2.00 bits per heavy atom. The van der Waals surface area contributed by atoms with E-state index in [2.05, 4.69) is 4.98 Å². The van der Waals surface area contributed by atoms with Crippen molar-refractivity contribution in [3.63, 3.8) is 0 Å². The van der Waals surface area contributed by atoms with E-state index in [-0.39, 0.29) is 5.78 Å². The Kier molecular flexibility index (Phi) is 2.87. The van der Waals surface area contributed by atoms with Crippen molar-refractivity contribution in [2.24, 2.45) is 0 Å². The van der Waals surface area contributed by atoms with E-state index >= 15 is 0 Å². The number of H-pyrrole nitrogens is 1. The Morgan fingerprint density at radius 1 is 1.20 bits per heavy atom. The minimum absolute atomic E-state index is 0.202. The number of rotatable bonds is 3. The van der Waals surface area contributed by atoms with Gasteiger partial charge in [-0.3, -0.25) is 9.78 Å². The van der Waals surface area contributed by atoms with Crippen LogP contribution in [0.5, 0.6) is 5.75 Å². The normalized spacial score (nSPS) is 10.7. The van der Waals surface area contributed by atoms with Crippen LogP contribution in [0, 0.1) is 0 Å². The van der Waals surface area contributed by atoms with Crippen molar-refractivity contribution in [3.8, 4) is 5.75 Å². The Morgan fingerprint density at radius 3 is 2.80 bits per heavy atom. The predicted molar refractivity (Wildman–Crippen MR) is 73.3 cm³/mol. The second-order valence-corrected chi connectivity index (χ2v) is 4.25. The van der Waals surface area contributed by atoms with Crippen molar-refractivity contribution >= 4 is 16.9 Å². The molecule has 5 nitrogen and oxygen atoms in total. The summed E-state index contributed by atoms with van der Waals surface area (Å²) in [7, 11) is 1.54. The molecule has 0 fully saturated rings. The van der Waals surface area contributed by atoms with Crippen LogP contribution in [0.15, 0.2) is 51.7 Å². The highest BCUT2D eigenvalue weighted by atomic mass is 16.5. The third-order valence-electron chi connectivity index (χ3n) is 3.03. The number of benzene rings is 2. The van der Waals surface area contributed by atoms with Gasteiger partial charge >= 0.3 is 5.76 Å². The molecule has 2 aromatic carbocycles. The molecule has 0 amide bonds. The van der Waals surface area contributed by atoms with E-state index in [0.717, 1.165) is 0 Å². The Labute approximate surface area is 113 Å². The first-order valence-corrected chi connectivity index (χ1v) is 5.99. The number of ketones is 1. The van der Waals surface area contributed by atoms with E-state index in [9.17, 15) is 9.59 Å². The number of carbonyl (C=O) groups excluding carboxylic acids is 1. The number of hydrogen-bond donors (Lipinski definition) is 1. The highest BCUT2D eigenvalue weighted by Crippen LogP contribution is 2.21. The highest BCUT2D eigenvalue weighted by Gasteiger charge is 2.15. The number of ether oxygens (including phenoxy) is 1. The van der Waals surface area contributed by atoms with Crippen LogP contribution in [-0.4, -0.2) is 17.9 Å². The summed E-state index contributed by atoms with van der Waals surface area (Å²) in [6, 6.07) is 11.8. The molecule has 3 aromatic rings. The lowest BCUT2D eigenvalue weighted by atomic mass is 10.0. The van der Waals surface area contributed by atoms with E-state index in [4.69, 9.17) is 9.15 Å². The molecule has 3 rings (SSSR count). The Balaban J connectivity index is 2.14. The molecule has 5 heteroatoms. The van der Waals surface area contributed by atoms with Gasteiger partial charge in [-0.1, -0.05) is 18.2 Å². The molecule has 0 aliphatic heterocycles. The van der Waals surface area contributed by atoms with Crippen LogP contribution < -0.4 is 10.5 Å². The summed E-state index contributed by atoms with van der Waals surface area (Å²) in [6.07, 6.45) is 0. The monoisotopic (exact) mass is 269 g/mol. The fourth-order valence-electron chi connectivity index (χ4n) is 2.08. The van der Waals surface area contributed by atoms with Gasteiger partial charge in [0.2, 0.25) is 0 Å². The molecule has 0 bridgehead atoms. The molecule has 0 spiro atoms. The second-order valence-electron chi connectivity index (χ2n) is 4.25. The topological polar surface area (TPSA) is 72.3 Å². The number of aromatic amines is 1. The molecule has 0 aliphatic rings. The first-order chi connectivity index (χ1) is 9.69. The maximum absolute atomic E-state index is 12.5. The lowest BCUT2D eigenvalue weighted by Crippen LogP contribution is -2.03. The van der Waals surface area contributed by atoms with Crippen molar-refractivity contribution in [2.45, 2.75) is 0 Å². The smallest absolute Gasteiger partial charge is 0.417 e. The van der Waals surface area contributed by atoms with Crippen molar-refractivity contribution in [3.05, 3.63) is 64.1 Å². The number of fused-ring (bicyclic) bond motifs is 1. The molecule has 1 N–H and O–H groups in total. The summed E-state index contributed by atoms with van der Waals surface area (Å²) in [4.78, 5) is 26.3. The molecular weight excluding hydrogens is 258 g/mol. The molecule has 0 saturated carbocycles. The zero-order valence-corrected chi connectivity index (χ0v) is 10.7. The van der Waals surface area contributed by atoms with Crippen LogP contribution in [0.25, 0.3) is 11.1 Å². The van der Waals surface area contributed by atoms with Crippen LogP contribution >= 0.6 is 0 Å². The summed E-state index contributed by atoms with van der Waals surface area (Å²) < 4.78 is 10.1. The van der Waals surface area contributed by atoms with E-state index in [1.165, 1.54) is 7.11 Å². The number of hydrogen-bond acceptors (Lipinski definition) is 4. The van der Waals surface area contributed by atoms with Crippen LogP contribution in [0.2, 0.25) is 0 Å². The standard InChI is InChI=1S/C15H11NO4/c1-19-10-5-2-4-9(8-10)14(17)11-6-3-7-12-13(11)16-15(18)20-12/h2-8H,1H3,(H,16,18). The number of carbonyl (C=O) groups is 1. The summed E-state index contributed by atoms with van der Waals surface area (Å²) in [6.45, 7) is 0. The maximum Gasteiger partial charge on any atom is 0.417 e. The molecule has 1 aromatic heterocycles. The van der Waals surface area contributed by atoms with Crippen molar-refractivity contribution in [1.82, 2.24) is 4.98 Å². The minimum Gasteiger partial charge on any atom is -0.497 e. The predicted octanol–water partition coefficient (Wildman–Crippen LogP) is 2.36. The average Bonchev–Trinajstić information content (AvgIpc) is 2.86. The first-order valence-electron chi connectivity index (χ1n) is 5.99. The van der Waals surface area contributed by atoms with Crippen molar-refractivity contribution in [1.29, 1.82) is 0 Å². The second kappa shape index (κ2) is 4.70.